The first kappa shape index (κ1) is 19.3. The van der Waals surface area contributed by atoms with Gasteiger partial charge in [-0.2, -0.15) is 0 Å². The van der Waals surface area contributed by atoms with Crippen molar-refractivity contribution in [2.75, 3.05) is 0 Å². The molecule has 1 aliphatic rings. The number of pyridine rings is 1. The Morgan fingerprint density at radius 1 is 0.962 bits per heavy atom. The maximum atomic E-state index is 7.30. The van der Waals surface area contributed by atoms with Crippen LogP contribution in [0.15, 0.2) is 48.7 Å². The van der Waals surface area contributed by atoms with Gasteiger partial charge in [0.2, 0.25) is 8.32 Å². The van der Waals surface area contributed by atoms with Crippen molar-refractivity contribution in [3.63, 3.8) is 0 Å². The van der Waals surface area contributed by atoms with E-state index in [-0.39, 0.29) is 16.6 Å². The number of aromatic nitrogens is 1. The molecule has 0 aliphatic carbocycles. The van der Waals surface area contributed by atoms with Crippen molar-refractivity contribution in [2.45, 2.75) is 71.6 Å². The summed E-state index contributed by atoms with van der Waals surface area (Å²) >= 11 is 0. The monoisotopic (exact) mass is 367 g/mol. The summed E-state index contributed by atoms with van der Waals surface area (Å²) in [6.07, 6.45) is 4.28. The Kier molecular flexibility index (Phi) is 5.15. The highest BCUT2D eigenvalue weighted by Crippen LogP contribution is 2.48. The minimum atomic E-state index is -2.20. The van der Waals surface area contributed by atoms with Gasteiger partial charge in [-0.1, -0.05) is 71.9 Å². The number of aryl methyl sites for hydroxylation is 1. The molecule has 1 aliphatic heterocycles. The van der Waals surface area contributed by atoms with Crippen molar-refractivity contribution < 1.29 is 4.43 Å². The van der Waals surface area contributed by atoms with Gasteiger partial charge in [-0.15, -0.1) is 0 Å². The third-order valence-electron chi connectivity index (χ3n) is 5.70. The fourth-order valence-corrected chi connectivity index (χ4v) is 9.36. The van der Waals surface area contributed by atoms with Gasteiger partial charge < -0.3 is 4.43 Å². The van der Waals surface area contributed by atoms with E-state index in [1.807, 2.05) is 12.3 Å². The fourth-order valence-electron chi connectivity index (χ4n) is 4.29. The molecule has 0 unspecified atom stereocenters. The summed E-state index contributed by atoms with van der Waals surface area (Å²) in [7, 11) is -2.20. The fraction of sp³-hybridized carbons (Fsp3) is 0.522. The molecule has 26 heavy (non-hydrogen) atoms. The molecular formula is C23H33NOSi. The average Bonchev–Trinajstić information content (AvgIpc) is 2.58. The van der Waals surface area contributed by atoms with Crippen LogP contribution < -0.4 is 5.19 Å². The summed E-state index contributed by atoms with van der Waals surface area (Å²) in [5.74, 6) is 0. The minimum Gasteiger partial charge on any atom is -0.403 e. The molecule has 0 saturated heterocycles. The first-order valence-corrected chi connectivity index (χ1v) is 11.9. The molecule has 0 bridgehead atoms. The van der Waals surface area contributed by atoms with Gasteiger partial charge in [0.15, 0.2) is 0 Å². The Hall–Kier alpha value is -1.45. The Bertz CT molecular complexity index is 745. The lowest BCUT2D eigenvalue weighted by Crippen LogP contribution is -2.61. The van der Waals surface area contributed by atoms with Crippen LogP contribution in [0.1, 0.15) is 65.3 Å². The quantitative estimate of drug-likeness (QED) is 0.641. The number of rotatable bonds is 3. The number of hydrogen-bond acceptors (Lipinski definition) is 2. The van der Waals surface area contributed by atoms with Gasteiger partial charge in [-0.3, -0.25) is 4.98 Å². The van der Waals surface area contributed by atoms with Crippen molar-refractivity contribution in [2.24, 2.45) is 5.41 Å². The van der Waals surface area contributed by atoms with Crippen LogP contribution in [0.2, 0.25) is 11.1 Å². The van der Waals surface area contributed by atoms with Crippen molar-refractivity contribution in [1.29, 1.82) is 0 Å². The molecular weight excluding hydrogens is 334 g/mol. The third kappa shape index (κ3) is 3.52. The molecule has 0 saturated carbocycles. The molecule has 1 aromatic heterocycles. The lowest BCUT2D eigenvalue weighted by atomic mass is 9.87. The second-order valence-electron chi connectivity index (χ2n) is 9.71. The van der Waals surface area contributed by atoms with Gasteiger partial charge in [0, 0.05) is 6.20 Å². The molecule has 2 heterocycles. The first-order chi connectivity index (χ1) is 12.2. The van der Waals surface area contributed by atoms with Crippen LogP contribution in [0.3, 0.4) is 0 Å². The second kappa shape index (κ2) is 6.93. The van der Waals surface area contributed by atoms with E-state index in [0.29, 0.717) is 0 Å². The molecule has 2 aromatic rings. The standard InChI is InChI=1S/C23H33NOSi/c1-22(2,3)21(19-14-9-10-16-24-19)25-26(23(4,5)6)17-11-13-18-12-7-8-15-20(18)26/h7-10,12,14-16,21H,11,13,17H2,1-6H3/t21-,26-/m0/s1. The maximum Gasteiger partial charge on any atom is 0.230 e. The van der Waals surface area contributed by atoms with E-state index in [2.05, 4.69) is 82.9 Å². The van der Waals surface area contributed by atoms with Gasteiger partial charge in [-0.05, 0) is 52.2 Å². The molecule has 1 aromatic carbocycles. The Morgan fingerprint density at radius 2 is 1.65 bits per heavy atom. The van der Waals surface area contributed by atoms with Gasteiger partial charge in [0.05, 0.1) is 11.8 Å². The minimum absolute atomic E-state index is 0.000692. The smallest absolute Gasteiger partial charge is 0.230 e. The molecule has 0 radical (unpaired) electrons. The predicted molar refractivity (Wildman–Crippen MR) is 112 cm³/mol. The third-order valence-corrected chi connectivity index (χ3v) is 11.2. The Morgan fingerprint density at radius 3 is 2.27 bits per heavy atom. The van der Waals surface area contributed by atoms with Crippen LogP contribution in [0.5, 0.6) is 0 Å². The predicted octanol–water partition coefficient (Wildman–Crippen LogP) is 5.78. The van der Waals surface area contributed by atoms with Crippen LogP contribution in [-0.4, -0.2) is 13.3 Å². The summed E-state index contributed by atoms with van der Waals surface area (Å²) in [5, 5.41) is 1.63. The van der Waals surface area contributed by atoms with E-state index in [9.17, 15) is 0 Å². The molecule has 0 amide bonds. The topological polar surface area (TPSA) is 22.1 Å². The molecule has 3 rings (SSSR count). The van der Waals surface area contributed by atoms with Crippen LogP contribution in [0, 0.1) is 5.41 Å². The van der Waals surface area contributed by atoms with E-state index >= 15 is 0 Å². The summed E-state index contributed by atoms with van der Waals surface area (Å²) < 4.78 is 7.30. The summed E-state index contributed by atoms with van der Waals surface area (Å²) in [4.78, 5) is 4.68. The zero-order valence-electron chi connectivity index (χ0n) is 17.2. The summed E-state index contributed by atoms with van der Waals surface area (Å²) in [6.45, 7) is 13.9. The van der Waals surface area contributed by atoms with Gasteiger partial charge in [0.25, 0.3) is 0 Å². The van der Waals surface area contributed by atoms with Crippen LogP contribution in [0.4, 0.5) is 0 Å². The van der Waals surface area contributed by atoms with E-state index < -0.39 is 8.32 Å². The first-order valence-electron chi connectivity index (χ1n) is 9.82. The normalized spacial score (nSPS) is 21.9. The van der Waals surface area contributed by atoms with Crippen molar-refractivity contribution in [3.8, 4) is 0 Å². The molecule has 0 fully saturated rings. The van der Waals surface area contributed by atoms with Crippen LogP contribution in [-0.2, 0) is 10.8 Å². The molecule has 0 N–H and O–H groups in total. The zero-order chi connectivity index (χ0) is 19.0. The van der Waals surface area contributed by atoms with Crippen molar-refractivity contribution in [1.82, 2.24) is 4.98 Å². The van der Waals surface area contributed by atoms with Crippen LogP contribution in [0.25, 0.3) is 0 Å². The van der Waals surface area contributed by atoms with Gasteiger partial charge in [0.1, 0.15) is 0 Å². The molecule has 0 spiro atoms. The van der Waals surface area contributed by atoms with Gasteiger partial charge in [-0.25, -0.2) is 0 Å². The van der Waals surface area contributed by atoms with Gasteiger partial charge >= 0.3 is 0 Å². The summed E-state index contributed by atoms with van der Waals surface area (Å²) in [5.41, 5.74) is 2.54. The second-order valence-corrected chi connectivity index (χ2v) is 14.1. The lowest BCUT2D eigenvalue weighted by molar-refractivity contribution is 0.0687. The molecule has 140 valence electrons. The van der Waals surface area contributed by atoms with Crippen molar-refractivity contribution in [3.05, 3.63) is 59.9 Å². The van der Waals surface area contributed by atoms with E-state index in [0.717, 1.165) is 5.69 Å². The Labute approximate surface area is 160 Å². The number of hydrogen-bond donors (Lipinski definition) is 0. The highest BCUT2D eigenvalue weighted by atomic mass is 28.4. The largest absolute Gasteiger partial charge is 0.403 e. The van der Waals surface area contributed by atoms with E-state index in [1.165, 1.54) is 29.6 Å². The molecule has 2 atom stereocenters. The number of nitrogens with zero attached hydrogens (tertiary/aromatic N) is 1. The maximum absolute atomic E-state index is 7.30. The number of benzene rings is 1. The highest BCUT2D eigenvalue weighted by Gasteiger charge is 2.53. The van der Waals surface area contributed by atoms with E-state index in [4.69, 9.17) is 4.43 Å². The molecule has 2 nitrogen and oxygen atoms in total. The zero-order valence-corrected chi connectivity index (χ0v) is 18.2. The molecule has 3 heteroatoms. The average molecular weight is 368 g/mol. The lowest BCUT2D eigenvalue weighted by Gasteiger charge is -2.49. The highest BCUT2D eigenvalue weighted by molar-refractivity contribution is 6.89. The summed E-state index contributed by atoms with van der Waals surface area (Å²) in [6, 6.07) is 16.4. The SMILES string of the molecule is CC(C)(C)[C@@H](O[Si@@]1(C(C)(C)C)CCCc2ccccc21)c1ccccn1. The van der Waals surface area contributed by atoms with E-state index in [1.54, 1.807) is 0 Å². The number of fused-ring (bicyclic) bond motifs is 1. The van der Waals surface area contributed by atoms with Crippen molar-refractivity contribution >= 4 is 13.5 Å². The Balaban J connectivity index is 2.13. The van der Waals surface area contributed by atoms with Crippen LogP contribution >= 0.6 is 0 Å².